The van der Waals surface area contributed by atoms with Crippen LogP contribution < -0.4 is 10.6 Å². The Balaban J connectivity index is 4.42. The van der Waals surface area contributed by atoms with Crippen LogP contribution in [0.2, 0.25) is 0 Å². The molecule has 2 amide bonds. The van der Waals surface area contributed by atoms with E-state index in [9.17, 15) is 24.6 Å². The molecule has 8 heteroatoms. The Kier molecular flexibility index (Phi) is 39.8. The van der Waals surface area contributed by atoms with Crippen LogP contribution >= 0.6 is 0 Å². The Morgan fingerprint density at radius 2 is 0.741 bits per heavy atom. The summed E-state index contributed by atoms with van der Waals surface area (Å²) in [6.07, 6.45) is 62.4. The number of carbonyl (C=O) groups excluding carboxylic acids is 3. The molecule has 0 rings (SSSR count). The van der Waals surface area contributed by atoms with Gasteiger partial charge in [-0.3, -0.25) is 9.59 Å². The molecule has 0 aromatic heterocycles. The van der Waals surface area contributed by atoms with Crippen LogP contribution in [-0.4, -0.2) is 59.9 Å². The van der Waals surface area contributed by atoms with Crippen LogP contribution in [0.25, 0.3) is 0 Å². The lowest BCUT2D eigenvalue weighted by Gasteiger charge is -2.21. The van der Waals surface area contributed by atoms with Gasteiger partial charge in [0.2, 0.25) is 11.8 Å². The topological polar surface area (TPSA) is 125 Å². The van der Waals surface area contributed by atoms with E-state index >= 15 is 0 Å². The first-order chi connectivity index (χ1) is 28.5. The molecule has 0 aromatic carbocycles. The normalized spacial score (nSPS) is 13.6. The number of allylic oxidation sites excluding steroid dienone is 24. The van der Waals surface area contributed by atoms with Gasteiger partial charge in [0.25, 0.3) is 0 Å². The zero-order chi connectivity index (χ0) is 42.4. The number of hydrogen-bond donors (Lipinski definition) is 4. The maximum Gasteiger partial charge on any atom is 0.330 e. The van der Waals surface area contributed by atoms with Crippen molar-refractivity contribution >= 4 is 17.8 Å². The molecule has 0 radical (unpaired) electrons. The van der Waals surface area contributed by atoms with E-state index in [0.29, 0.717) is 12.8 Å². The molecule has 0 aliphatic carbocycles. The van der Waals surface area contributed by atoms with Crippen LogP contribution in [0, 0.1) is 0 Å². The van der Waals surface area contributed by atoms with Crippen LogP contribution in [0.4, 0.5) is 0 Å². The summed E-state index contributed by atoms with van der Waals surface area (Å²) in [7, 11) is 0. The maximum atomic E-state index is 12.7. The van der Waals surface area contributed by atoms with E-state index in [1.165, 1.54) is 0 Å². The van der Waals surface area contributed by atoms with Crippen molar-refractivity contribution in [2.45, 2.75) is 129 Å². The Labute approximate surface area is 351 Å². The standard InChI is InChI=1S/C50H74N2O6/c1-3-5-7-9-11-13-15-17-19-21-23-25-27-29-31-33-35-37-39-41-48(55)51-43-47(50(57)58-46(44-53)45-54)52-49(56)42-40-38-36-34-32-30-28-26-24-22-20-18-16-14-12-10-8-6-4-2/h5-8,11-14,17-20,23-26,29-32,35-38,46-47,53-54H,3-4,9-10,15-16,21-22,27-28,33-34,39-45H2,1-2H3,(H,51,55)(H,52,56). The molecular formula is C50H74N2O6. The number of carbonyl (C=O) groups is 3. The van der Waals surface area contributed by atoms with E-state index in [0.717, 1.165) is 77.0 Å². The van der Waals surface area contributed by atoms with E-state index in [1.807, 2.05) is 24.3 Å². The fourth-order valence-corrected chi connectivity index (χ4v) is 4.85. The predicted molar refractivity (Wildman–Crippen MR) is 244 cm³/mol. The third kappa shape index (κ3) is 38.1. The van der Waals surface area contributed by atoms with E-state index in [-0.39, 0.29) is 31.2 Å². The third-order valence-electron chi connectivity index (χ3n) is 8.08. The summed E-state index contributed by atoms with van der Waals surface area (Å²) < 4.78 is 5.12. The van der Waals surface area contributed by atoms with Gasteiger partial charge < -0.3 is 25.6 Å². The quantitative estimate of drug-likeness (QED) is 0.0374. The Morgan fingerprint density at radius 1 is 0.448 bits per heavy atom. The molecule has 0 heterocycles. The predicted octanol–water partition coefficient (Wildman–Crippen LogP) is 10.4. The first-order valence-electron chi connectivity index (χ1n) is 21.3. The molecule has 0 saturated carbocycles. The van der Waals surface area contributed by atoms with Crippen LogP contribution in [0.1, 0.15) is 117 Å². The second-order valence-corrected chi connectivity index (χ2v) is 13.3. The van der Waals surface area contributed by atoms with Crippen LogP contribution in [0.3, 0.4) is 0 Å². The van der Waals surface area contributed by atoms with Crippen molar-refractivity contribution in [3.63, 3.8) is 0 Å². The highest BCUT2D eigenvalue weighted by atomic mass is 16.6. The molecule has 0 fully saturated rings. The maximum absolute atomic E-state index is 12.7. The highest BCUT2D eigenvalue weighted by Gasteiger charge is 2.25. The molecule has 4 N–H and O–H groups in total. The fourth-order valence-electron chi connectivity index (χ4n) is 4.85. The zero-order valence-electron chi connectivity index (χ0n) is 35.5. The highest BCUT2D eigenvalue weighted by Crippen LogP contribution is 2.02. The minimum Gasteiger partial charge on any atom is -0.456 e. The van der Waals surface area contributed by atoms with Gasteiger partial charge in [0.1, 0.15) is 12.1 Å². The summed E-state index contributed by atoms with van der Waals surface area (Å²) in [6, 6.07) is -1.16. The summed E-state index contributed by atoms with van der Waals surface area (Å²) in [5.41, 5.74) is 0. The number of ether oxygens (including phenoxy) is 1. The number of aliphatic hydroxyl groups excluding tert-OH is 2. The number of hydrogen-bond acceptors (Lipinski definition) is 6. The van der Waals surface area contributed by atoms with Gasteiger partial charge in [0.05, 0.1) is 13.2 Å². The van der Waals surface area contributed by atoms with E-state index in [4.69, 9.17) is 4.74 Å². The number of rotatable bonds is 35. The molecule has 1 unspecified atom stereocenters. The Bertz CT molecular complexity index is 1400. The Morgan fingerprint density at radius 3 is 1.05 bits per heavy atom. The summed E-state index contributed by atoms with van der Waals surface area (Å²) in [6.45, 7) is 2.97. The lowest BCUT2D eigenvalue weighted by atomic mass is 10.2. The van der Waals surface area contributed by atoms with Crippen molar-refractivity contribution in [3.05, 3.63) is 146 Å². The molecule has 0 aromatic rings. The lowest BCUT2D eigenvalue weighted by molar-refractivity contribution is -0.157. The largest absolute Gasteiger partial charge is 0.456 e. The Hall–Kier alpha value is -4.79. The average Bonchev–Trinajstić information content (AvgIpc) is 3.22. The minimum atomic E-state index is -1.16. The molecule has 1 atom stereocenters. The monoisotopic (exact) mass is 799 g/mol. The van der Waals surface area contributed by atoms with Gasteiger partial charge >= 0.3 is 5.97 Å². The zero-order valence-corrected chi connectivity index (χ0v) is 35.5. The number of esters is 1. The van der Waals surface area contributed by atoms with Crippen molar-refractivity contribution in [1.82, 2.24) is 10.6 Å². The highest BCUT2D eigenvalue weighted by molar-refractivity contribution is 5.85. The van der Waals surface area contributed by atoms with E-state index in [2.05, 4.69) is 146 Å². The van der Waals surface area contributed by atoms with E-state index < -0.39 is 31.3 Å². The lowest BCUT2D eigenvalue weighted by Crippen LogP contribution is -2.50. The molecule has 0 saturated heterocycles. The second kappa shape index (κ2) is 43.3. The molecule has 58 heavy (non-hydrogen) atoms. The van der Waals surface area contributed by atoms with Gasteiger partial charge in [0.15, 0.2) is 0 Å². The van der Waals surface area contributed by atoms with Gasteiger partial charge in [-0.1, -0.05) is 160 Å². The molecule has 8 nitrogen and oxygen atoms in total. The van der Waals surface area contributed by atoms with Crippen molar-refractivity contribution in [2.75, 3.05) is 19.8 Å². The number of nitrogens with one attached hydrogen (secondary N) is 2. The SMILES string of the molecule is CCC=CCC=CCC=CCC=CCC=CCC=CCCC(=O)NCC(NC(=O)CCC=CCC=CCC=CCC=CCC=CCC=CCC)C(=O)OC(CO)CO. The van der Waals surface area contributed by atoms with Crippen molar-refractivity contribution < 1.29 is 29.3 Å². The summed E-state index contributed by atoms with van der Waals surface area (Å²) >= 11 is 0. The molecule has 320 valence electrons. The van der Waals surface area contributed by atoms with Crippen molar-refractivity contribution in [1.29, 1.82) is 0 Å². The number of aliphatic hydroxyl groups is 2. The summed E-state index contributed by atoms with van der Waals surface area (Å²) in [4.78, 5) is 37.9. The smallest absolute Gasteiger partial charge is 0.330 e. The minimum absolute atomic E-state index is 0.145. The van der Waals surface area contributed by atoms with Crippen LogP contribution in [-0.2, 0) is 19.1 Å². The van der Waals surface area contributed by atoms with Crippen LogP contribution in [0.15, 0.2) is 146 Å². The molecular weight excluding hydrogens is 725 g/mol. The first kappa shape index (κ1) is 53.2. The van der Waals surface area contributed by atoms with Crippen molar-refractivity contribution in [2.24, 2.45) is 0 Å². The van der Waals surface area contributed by atoms with Gasteiger partial charge in [-0.05, 0) is 89.9 Å². The van der Waals surface area contributed by atoms with Gasteiger partial charge in [-0.25, -0.2) is 4.79 Å². The van der Waals surface area contributed by atoms with Crippen molar-refractivity contribution in [3.8, 4) is 0 Å². The molecule has 0 aliphatic rings. The summed E-state index contributed by atoms with van der Waals surface area (Å²) in [5.74, 6) is -1.49. The van der Waals surface area contributed by atoms with Gasteiger partial charge in [0, 0.05) is 19.4 Å². The van der Waals surface area contributed by atoms with Gasteiger partial charge in [-0.2, -0.15) is 0 Å². The average molecular weight is 799 g/mol. The van der Waals surface area contributed by atoms with E-state index in [1.54, 1.807) is 0 Å². The van der Waals surface area contributed by atoms with Crippen LogP contribution in [0.5, 0.6) is 0 Å². The second-order valence-electron chi connectivity index (χ2n) is 13.3. The summed E-state index contributed by atoms with van der Waals surface area (Å²) in [5, 5.41) is 24.0. The third-order valence-corrected chi connectivity index (χ3v) is 8.08. The fraction of sp³-hybridized carbons (Fsp3) is 0.460. The molecule has 0 spiro atoms. The first-order valence-corrected chi connectivity index (χ1v) is 21.3. The van der Waals surface area contributed by atoms with Gasteiger partial charge in [-0.15, -0.1) is 0 Å². The number of amides is 2. The molecule has 0 aliphatic heterocycles. The molecule has 0 bridgehead atoms.